The van der Waals surface area contributed by atoms with Gasteiger partial charge in [-0.15, -0.1) is 0 Å². The Labute approximate surface area is 144 Å². The molecule has 2 aliphatic carbocycles. The molecule has 6 nitrogen and oxygen atoms in total. The van der Waals surface area contributed by atoms with E-state index < -0.39 is 4.92 Å². The van der Waals surface area contributed by atoms with E-state index in [1.807, 2.05) is 30.3 Å². The van der Waals surface area contributed by atoms with Crippen LogP contribution in [0.25, 0.3) is 0 Å². The molecule has 2 aliphatic rings. The lowest BCUT2D eigenvalue weighted by Gasteiger charge is -2.36. The Morgan fingerprint density at radius 1 is 1.25 bits per heavy atom. The average Bonchev–Trinajstić information content (AvgIpc) is 3.33. The molecule has 2 atom stereocenters. The quantitative estimate of drug-likeness (QED) is 0.578. The Kier molecular flexibility index (Phi) is 4.02. The SMILES string of the molecule is O=[N+]([O-])c1c(C2CC2)nn(C2CCC2OCc2ccccc2)c1Cl. The predicted molar refractivity (Wildman–Crippen MR) is 89.2 cm³/mol. The number of nitro groups is 1. The smallest absolute Gasteiger partial charge is 0.329 e. The molecule has 2 saturated carbocycles. The molecular weight excluding hydrogens is 330 g/mol. The molecule has 0 aliphatic heterocycles. The van der Waals surface area contributed by atoms with Crippen molar-refractivity contribution in [1.29, 1.82) is 0 Å². The number of aromatic nitrogens is 2. The van der Waals surface area contributed by atoms with E-state index in [0.29, 0.717) is 12.3 Å². The highest BCUT2D eigenvalue weighted by molar-refractivity contribution is 6.31. The lowest BCUT2D eigenvalue weighted by Crippen LogP contribution is -2.36. The fourth-order valence-electron chi connectivity index (χ4n) is 3.15. The van der Waals surface area contributed by atoms with Crippen LogP contribution in [0.2, 0.25) is 5.15 Å². The maximum atomic E-state index is 11.3. The second-order valence-corrected chi connectivity index (χ2v) is 6.84. The van der Waals surface area contributed by atoms with Crippen molar-refractivity contribution >= 4 is 17.3 Å². The van der Waals surface area contributed by atoms with Crippen molar-refractivity contribution in [2.45, 2.75) is 50.4 Å². The summed E-state index contributed by atoms with van der Waals surface area (Å²) in [7, 11) is 0. The van der Waals surface area contributed by atoms with Gasteiger partial charge < -0.3 is 4.74 Å². The van der Waals surface area contributed by atoms with Crippen LogP contribution in [-0.4, -0.2) is 20.8 Å². The Morgan fingerprint density at radius 3 is 2.58 bits per heavy atom. The molecule has 2 unspecified atom stereocenters. The van der Waals surface area contributed by atoms with Gasteiger partial charge in [-0.2, -0.15) is 5.10 Å². The summed E-state index contributed by atoms with van der Waals surface area (Å²) < 4.78 is 7.60. The van der Waals surface area contributed by atoms with Crippen molar-refractivity contribution in [1.82, 2.24) is 9.78 Å². The summed E-state index contributed by atoms with van der Waals surface area (Å²) in [6.45, 7) is 0.526. The van der Waals surface area contributed by atoms with Crippen LogP contribution in [0.15, 0.2) is 30.3 Å². The van der Waals surface area contributed by atoms with E-state index in [4.69, 9.17) is 16.3 Å². The molecule has 1 aromatic heterocycles. The zero-order valence-corrected chi connectivity index (χ0v) is 13.9. The molecule has 2 aromatic rings. The van der Waals surface area contributed by atoms with Gasteiger partial charge in [0.15, 0.2) is 0 Å². The van der Waals surface area contributed by atoms with Crippen molar-refractivity contribution in [2.75, 3.05) is 0 Å². The van der Waals surface area contributed by atoms with Crippen LogP contribution in [0.3, 0.4) is 0 Å². The molecule has 0 saturated heterocycles. The van der Waals surface area contributed by atoms with E-state index >= 15 is 0 Å². The predicted octanol–water partition coefficient (Wildman–Crippen LogP) is 4.24. The van der Waals surface area contributed by atoms with Gasteiger partial charge in [0, 0.05) is 5.92 Å². The van der Waals surface area contributed by atoms with Crippen molar-refractivity contribution in [3.63, 3.8) is 0 Å². The summed E-state index contributed by atoms with van der Waals surface area (Å²) in [5, 5.41) is 16.0. The topological polar surface area (TPSA) is 70.2 Å². The van der Waals surface area contributed by atoms with E-state index in [2.05, 4.69) is 5.10 Å². The first-order valence-corrected chi connectivity index (χ1v) is 8.60. The fourth-order valence-corrected chi connectivity index (χ4v) is 3.47. The molecule has 1 heterocycles. The standard InChI is InChI=1S/C17H18ClN3O3/c18-17-16(21(22)23)15(12-6-7-12)19-20(17)13-8-9-14(13)24-10-11-4-2-1-3-5-11/h1-5,12-14H,6-10H2. The van der Waals surface area contributed by atoms with Gasteiger partial charge in [0.2, 0.25) is 5.15 Å². The highest BCUT2D eigenvalue weighted by Crippen LogP contribution is 2.48. The first-order valence-electron chi connectivity index (χ1n) is 8.23. The minimum atomic E-state index is -0.405. The number of ether oxygens (including phenoxy) is 1. The van der Waals surface area contributed by atoms with Gasteiger partial charge >= 0.3 is 5.69 Å². The van der Waals surface area contributed by atoms with E-state index in [1.54, 1.807) is 4.68 Å². The maximum absolute atomic E-state index is 11.3. The van der Waals surface area contributed by atoms with E-state index in [0.717, 1.165) is 31.2 Å². The van der Waals surface area contributed by atoms with Crippen LogP contribution in [-0.2, 0) is 11.3 Å². The zero-order valence-electron chi connectivity index (χ0n) is 13.1. The average molecular weight is 348 g/mol. The normalized spacial score (nSPS) is 23.0. The Bertz CT molecular complexity index is 758. The van der Waals surface area contributed by atoms with E-state index in [1.165, 1.54) is 0 Å². The van der Waals surface area contributed by atoms with Crippen LogP contribution in [0.4, 0.5) is 5.69 Å². The lowest BCUT2D eigenvalue weighted by molar-refractivity contribution is -0.385. The number of benzene rings is 1. The largest absolute Gasteiger partial charge is 0.371 e. The summed E-state index contributed by atoms with van der Waals surface area (Å²) in [6.07, 6.45) is 3.69. The van der Waals surface area contributed by atoms with Crippen LogP contribution in [0, 0.1) is 10.1 Å². The van der Waals surface area contributed by atoms with Gasteiger partial charge in [-0.3, -0.25) is 10.1 Å². The monoisotopic (exact) mass is 347 g/mol. The molecule has 24 heavy (non-hydrogen) atoms. The van der Waals surface area contributed by atoms with Crippen molar-refractivity contribution < 1.29 is 9.66 Å². The molecule has 0 N–H and O–H groups in total. The molecular formula is C17H18ClN3O3. The number of nitrogens with zero attached hydrogens (tertiary/aromatic N) is 3. The highest BCUT2D eigenvalue weighted by Gasteiger charge is 2.42. The number of halogens is 1. The highest BCUT2D eigenvalue weighted by atomic mass is 35.5. The molecule has 0 radical (unpaired) electrons. The summed E-state index contributed by atoms with van der Waals surface area (Å²) in [5.74, 6) is 0.188. The number of hydrogen-bond donors (Lipinski definition) is 0. The molecule has 0 amide bonds. The van der Waals surface area contributed by atoms with Gasteiger partial charge in [0.05, 0.1) is 23.7 Å². The fraction of sp³-hybridized carbons (Fsp3) is 0.471. The van der Waals surface area contributed by atoms with Gasteiger partial charge in [0.25, 0.3) is 0 Å². The van der Waals surface area contributed by atoms with Crippen molar-refractivity contribution in [2.24, 2.45) is 0 Å². The molecule has 126 valence electrons. The second kappa shape index (κ2) is 6.18. The molecule has 4 rings (SSSR count). The Morgan fingerprint density at radius 2 is 2.00 bits per heavy atom. The molecule has 0 spiro atoms. The summed E-state index contributed by atoms with van der Waals surface area (Å²) >= 11 is 6.29. The van der Waals surface area contributed by atoms with Gasteiger partial charge in [-0.25, -0.2) is 4.68 Å². The molecule has 1 aromatic carbocycles. The molecule has 0 bridgehead atoms. The van der Waals surface area contributed by atoms with E-state index in [-0.39, 0.29) is 28.9 Å². The van der Waals surface area contributed by atoms with Gasteiger partial charge in [-0.05, 0) is 31.2 Å². The lowest BCUT2D eigenvalue weighted by atomic mass is 9.89. The van der Waals surface area contributed by atoms with Crippen LogP contribution in [0.1, 0.15) is 48.9 Å². The Hall–Kier alpha value is -1.92. The van der Waals surface area contributed by atoms with Crippen molar-refractivity contribution in [3.8, 4) is 0 Å². The zero-order chi connectivity index (χ0) is 16.7. The number of hydrogen-bond acceptors (Lipinski definition) is 4. The second-order valence-electron chi connectivity index (χ2n) is 6.48. The summed E-state index contributed by atoms with van der Waals surface area (Å²) in [6, 6.07) is 9.94. The van der Waals surface area contributed by atoms with Crippen molar-refractivity contribution in [3.05, 3.63) is 56.9 Å². The molecule has 2 fully saturated rings. The van der Waals surface area contributed by atoms with Crippen LogP contribution >= 0.6 is 11.6 Å². The Balaban J connectivity index is 1.51. The third-order valence-corrected chi connectivity index (χ3v) is 5.15. The van der Waals surface area contributed by atoms with E-state index in [9.17, 15) is 10.1 Å². The first kappa shape index (κ1) is 15.6. The minimum absolute atomic E-state index is 0.00531. The maximum Gasteiger partial charge on any atom is 0.329 e. The third kappa shape index (κ3) is 2.80. The van der Waals surface area contributed by atoms with Crippen LogP contribution < -0.4 is 0 Å². The summed E-state index contributed by atoms with van der Waals surface area (Å²) in [4.78, 5) is 10.9. The number of rotatable bonds is 6. The van der Waals surface area contributed by atoms with Gasteiger partial charge in [-0.1, -0.05) is 41.9 Å². The molecule has 7 heteroatoms. The van der Waals surface area contributed by atoms with Gasteiger partial charge in [0.1, 0.15) is 5.69 Å². The first-order chi connectivity index (χ1) is 11.6. The third-order valence-electron chi connectivity index (χ3n) is 4.80. The minimum Gasteiger partial charge on any atom is -0.371 e. The summed E-state index contributed by atoms with van der Waals surface area (Å²) in [5.41, 5.74) is 1.63. The van der Waals surface area contributed by atoms with Crippen LogP contribution in [0.5, 0.6) is 0 Å².